The van der Waals surface area contributed by atoms with Crippen LogP contribution in [0.5, 0.6) is 0 Å². The van der Waals surface area contributed by atoms with Gasteiger partial charge >= 0.3 is 0 Å². The fourth-order valence-corrected chi connectivity index (χ4v) is 1.46. The number of hydrogen-bond acceptors (Lipinski definition) is 4. The minimum atomic E-state index is -0.450. The molecule has 0 unspecified atom stereocenters. The topological polar surface area (TPSA) is 64.4 Å². The Hall–Kier alpha value is -1.30. The fraction of sp³-hybridized carbons (Fsp3) is 0.200. The molecule has 5 nitrogen and oxygen atoms in total. The second kappa shape index (κ2) is 6.44. The molecule has 0 spiro atoms. The fourth-order valence-electron chi connectivity index (χ4n) is 1.16. The lowest BCUT2D eigenvalue weighted by Gasteiger charge is -2.09. The average molecular weight is 277 g/mol. The van der Waals surface area contributed by atoms with Crippen LogP contribution in [0.25, 0.3) is 5.70 Å². The molecule has 0 fully saturated rings. The molecular formula is C10H10Cl2N2O3. The molecule has 0 aliphatic rings. The SMILES string of the molecule is CONC(=CC[N+](=O)[O-])c1ccc(Cl)c(Cl)c1. The largest absolute Gasteiger partial charge is 0.279 e. The van der Waals surface area contributed by atoms with Gasteiger partial charge in [-0.25, -0.2) is 0 Å². The first-order valence-corrected chi connectivity index (χ1v) is 5.36. The van der Waals surface area contributed by atoms with Crippen LogP contribution in [0.15, 0.2) is 24.3 Å². The van der Waals surface area contributed by atoms with Crippen molar-refractivity contribution in [2.24, 2.45) is 0 Å². The molecule has 1 N–H and O–H groups in total. The minimum Gasteiger partial charge on any atom is -0.279 e. The number of nitro groups is 1. The zero-order valence-corrected chi connectivity index (χ0v) is 10.5. The van der Waals surface area contributed by atoms with Gasteiger partial charge in [0.2, 0.25) is 6.54 Å². The molecule has 7 heteroatoms. The smallest absolute Gasteiger partial charge is 0.224 e. The Morgan fingerprint density at radius 3 is 2.76 bits per heavy atom. The molecule has 0 heterocycles. The molecule has 0 bridgehead atoms. The highest BCUT2D eigenvalue weighted by atomic mass is 35.5. The van der Waals surface area contributed by atoms with Crippen molar-refractivity contribution < 1.29 is 9.76 Å². The first-order valence-electron chi connectivity index (χ1n) is 4.61. The van der Waals surface area contributed by atoms with Gasteiger partial charge in [-0.3, -0.25) is 20.4 Å². The van der Waals surface area contributed by atoms with E-state index in [1.54, 1.807) is 18.2 Å². The van der Waals surface area contributed by atoms with Gasteiger partial charge in [0.1, 0.15) is 0 Å². The maximum absolute atomic E-state index is 10.3. The van der Waals surface area contributed by atoms with Crippen LogP contribution >= 0.6 is 23.2 Å². The van der Waals surface area contributed by atoms with Gasteiger partial charge in [0.25, 0.3) is 0 Å². The molecule has 1 rings (SSSR count). The third-order valence-corrected chi connectivity index (χ3v) is 2.63. The van der Waals surface area contributed by atoms with E-state index in [9.17, 15) is 10.1 Å². The highest BCUT2D eigenvalue weighted by Gasteiger charge is 2.06. The van der Waals surface area contributed by atoms with Gasteiger partial charge in [0.15, 0.2) is 0 Å². The quantitative estimate of drug-likeness (QED) is 0.664. The second-order valence-electron chi connectivity index (χ2n) is 3.07. The zero-order valence-electron chi connectivity index (χ0n) is 8.94. The van der Waals surface area contributed by atoms with E-state index in [4.69, 9.17) is 28.0 Å². The molecule has 1 aromatic rings. The van der Waals surface area contributed by atoms with Crippen LogP contribution in [-0.4, -0.2) is 18.6 Å². The Morgan fingerprint density at radius 2 is 2.24 bits per heavy atom. The van der Waals surface area contributed by atoms with Crippen LogP contribution in [0.4, 0.5) is 0 Å². The Bertz CT molecular complexity index is 449. The summed E-state index contributed by atoms with van der Waals surface area (Å²) in [5.74, 6) is 0. The van der Waals surface area contributed by atoms with Gasteiger partial charge in [-0.15, -0.1) is 0 Å². The third-order valence-electron chi connectivity index (χ3n) is 1.89. The standard InChI is InChI=1S/C10H10Cl2N2O3/c1-17-13-10(4-5-14(15)16)7-2-3-8(11)9(12)6-7/h2-4,6,13H,5H2,1H3. The molecule has 0 amide bonds. The van der Waals surface area contributed by atoms with Crippen LogP contribution in [0.2, 0.25) is 10.0 Å². The van der Waals surface area contributed by atoms with Crippen LogP contribution in [0.3, 0.4) is 0 Å². The second-order valence-corrected chi connectivity index (χ2v) is 3.88. The molecule has 92 valence electrons. The monoisotopic (exact) mass is 276 g/mol. The lowest BCUT2D eigenvalue weighted by Crippen LogP contribution is -2.12. The van der Waals surface area contributed by atoms with Gasteiger partial charge in [-0.05, 0) is 12.1 Å². The predicted octanol–water partition coefficient (Wildman–Crippen LogP) is 2.76. The van der Waals surface area contributed by atoms with Crippen LogP contribution in [-0.2, 0) is 4.84 Å². The van der Waals surface area contributed by atoms with E-state index >= 15 is 0 Å². The van der Waals surface area contributed by atoms with Crippen molar-refractivity contribution >= 4 is 28.9 Å². The van der Waals surface area contributed by atoms with Gasteiger partial charge in [-0.1, -0.05) is 29.3 Å². The van der Waals surface area contributed by atoms with E-state index in [2.05, 4.69) is 5.48 Å². The predicted molar refractivity (Wildman–Crippen MR) is 66.4 cm³/mol. The van der Waals surface area contributed by atoms with Crippen molar-refractivity contribution in [1.29, 1.82) is 0 Å². The number of hydroxylamine groups is 1. The van der Waals surface area contributed by atoms with Crippen molar-refractivity contribution in [3.05, 3.63) is 50.0 Å². The lowest BCUT2D eigenvalue weighted by molar-refractivity contribution is -0.468. The summed E-state index contributed by atoms with van der Waals surface area (Å²) < 4.78 is 0. The normalized spacial score (nSPS) is 11.4. The third kappa shape index (κ3) is 4.22. The summed E-state index contributed by atoms with van der Waals surface area (Å²) in [6.07, 6.45) is 1.39. The molecule has 1 aromatic carbocycles. The highest BCUT2D eigenvalue weighted by molar-refractivity contribution is 6.42. The van der Waals surface area contributed by atoms with Gasteiger partial charge in [0, 0.05) is 16.6 Å². The van der Waals surface area contributed by atoms with E-state index in [1.807, 2.05) is 0 Å². The number of hydrogen-bond donors (Lipinski definition) is 1. The summed E-state index contributed by atoms with van der Waals surface area (Å²) >= 11 is 11.6. The molecule has 0 saturated carbocycles. The molecule has 0 atom stereocenters. The van der Waals surface area contributed by atoms with E-state index in [0.29, 0.717) is 21.3 Å². The van der Waals surface area contributed by atoms with Crippen molar-refractivity contribution in [3.63, 3.8) is 0 Å². The Kier molecular flexibility index (Phi) is 5.21. The summed E-state index contributed by atoms with van der Waals surface area (Å²) in [5.41, 5.74) is 3.67. The molecule has 0 saturated heterocycles. The van der Waals surface area contributed by atoms with E-state index < -0.39 is 4.92 Å². The Labute approximate surface area is 108 Å². The first-order chi connectivity index (χ1) is 8.04. The minimum absolute atomic E-state index is 0.314. The lowest BCUT2D eigenvalue weighted by atomic mass is 10.1. The molecular weight excluding hydrogens is 267 g/mol. The van der Waals surface area contributed by atoms with Crippen molar-refractivity contribution in [1.82, 2.24) is 5.48 Å². The number of nitrogens with one attached hydrogen (secondary N) is 1. The summed E-state index contributed by atoms with van der Waals surface area (Å²) in [6.45, 7) is -0.314. The van der Waals surface area contributed by atoms with E-state index in [0.717, 1.165) is 0 Å². The first kappa shape index (κ1) is 13.8. The Morgan fingerprint density at radius 1 is 1.53 bits per heavy atom. The summed E-state index contributed by atoms with van der Waals surface area (Å²) in [4.78, 5) is 14.6. The van der Waals surface area contributed by atoms with E-state index in [1.165, 1.54) is 13.2 Å². The molecule has 17 heavy (non-hydrogen) atoms. The maximum atomic E-state index is 10.3. The maximum Gasteiger partial charge on any atom is 0.224 e. The van der Waals surface area contributed by atoms with Gasteiger partial charge in [0.05, 0.1) is 22.9 Å². The average Bonchev–Trinajstić information content (AvgIpc) is 2.28. The zero-order chi connectivity index (χ0) is 12.8. The van der Waals surface area contributed by atoms with Crippen LogP contribution in [0, 0.1) is 10.1 Å². The molecule has 0 aromatic heterocycles. The molecule has 0 radical (unpaired) electrons. The van der Waals surface area contributed by atoms with Crippen molar-refractivity contribution in [2.75, 3.05) is 13.7 Å². The summed E-state index contributed by atoms with van der Waals surface area (Å²) in [7, 11) is 1.41. The highest BCUT2D eigenvalue weighted by Crippen LogP contribution is 2.25. The van der Waals surface area contributed by atoms with Crippen LogP contribution < -0.4 is 5.48 Å². The Balaban J connectivity index is 3.00. The summed E-state index contributed by atoms with van der Waals surface area (Å²) in [5, 5.41) is 11.1. The number of nitrogens with zero attached hydrogens (tertiary/aromatic N) is 1. The van der Waals surface area contributed by atoms with Gasteiger partial charge < -0.3 is 0 Å². The van der Waals surface area contributed by atoms with Crippen molar-refractivity contribution in [3.8, 4) is 0 Å². The van der Waals surface area contributed by atoms with Crippen LogP contribution in [0.1, 0.15) is 5.56 Å². The van der Waals surface area contributed by atoms with E-state index in [-0.39, 0.29) is 6.54 Å². The number of benzene rings is 1. The van der Waals surface area contributed by atoms with Crippen molar-refractivity contribution in [2.45, 2.75) is 0 Å². The number of rotatable bonds is 5. The molecule has 0 aliphatic carbocycles. The number of halogens is 2. The molecule has 0 aliphatic heterocycles. The summed E-state index contributed by atoms with van der Waals surface area (Å²) in [6, 6.07) is 4.89. The van der Waals surface area contributed by atoms with Gasteiger partial charge in [-0.2, -0.15) is 0 Å².